The minimum atomic E-state index is -0.182. The lowest BCUT2D eigenvalue weighted by Gasteiger charge is -2.09. The summed E-state index contributed by atoms with van der Waals surface area (Å²) >= 11 is 6.95. The number of anilines is 1. The highest BCUT2D eigenvalue weighted by atomic mass is 79.9. The molecule has 0 atom stereocenters. The summed E-state index contributed by atoms with van der Waals surface area (Å²) in [4.78, 5) is 21.6. The summed E-state index contributed by atoms with van der Waals surface area (Å²) < 4.78 is 7.63. The Bertz CT molecular complexity index is 1430. The van der Waals surface area contributed by atoms with E-state index in [1.54, 1.807) is 30.6 Å². The molecule has 0 saturated carbocycles. The number of pyridine rings is 1. The molecule has 30 heavy (non-hydrogen) atoms. The van der Waals surface area contributed by atoms with Crippen molar-refractivity contribution in [2.24, 2.45) is 0 Å². The van der Waals surface area contributed by atoms with Crippen molar-refractivity contribution in [3.63, 3.8) is 0 Å². The van der Waals surface area contributed by atoms with Gasteiger partial charge < -0.3 is 9.73 Å². The van der Waals surface area contributed by atoms with Crippen LogP contribution in [-0.4, -0.2) is 15.9 Å². The van der Waals surface area contributed by atoms with E-state index in [0.717, 1.165) is 25.3 Å². The normalized spacial score (nSPS) is 11.1. The van der Waals surface area contributed by atoms with E-state index in [-0.39, 0.29) is 5.91 Å². The summed E-state index contributed by atoms with van der Waals surface area (Å²) in [5.41, 5.74) is 3.31. The van der Waals surface area contributed by atoms with Crippen molar-refractivity contribution in [3.8, 4) is 11.5 Å². The molecule has 0 aliphatic rings. The predicted molar refractivity (Wildman–Crippen MR) is 125 cm³/mol. The van der Waals surface area contributed by atoms with E-state index in [9.17, 15) is 4.79 Å². The molecular formula is C23H13Br2N3O2. The number of amides is 1. The SMILES string of the molecule is O=C(Nc1ccc2oc(-c3cncc(Br)c3)nc2c1)c1cccc2c(Br)cccc12. The summed E-state index contributed by atoms with van der Waals surface area (Å²) in [5, 5.41) is 4.84. The lowest BCUT2D eigenvalue weighted by Crippen LogP contribution is -2.12. The molecule has 5 rings (SSSR count). The van der Waals surface area contributed by atoms with E-state index in [0.29, 0.717) is 28.2 Å². The van der Waals surface area contributed by atoms with Crippen LogP contribution < -0.4 is 5.32 Å². The molecule has 0 aliphatic carbocycles. The zero-order valence-corrected chi connectivity index (χ0v) is 18.6. The zero-order chi connectivity index (χ0) is 20.7. The standard InChI is InChI=1S/C23H13Br2N3O2/c24-14-9-13(11-26-12-14)23-28-20-10-15(7-8-21(20)30-23)27-22(29)18-5-1-4-17-16(18)3-2-6-19(17)25/h1-12H,(H,27,29). The Labute approximate surface area is 188 Å². The van der Waals surface area contributed by atoms with Crippen LogP contribution >= 0.6 is 31.9 Å². The number of fused-ring (bicyclic) bond motifs is 2. The molecule has 146 valence electrons. The maximum atomic E-state index is 13.0. The van der Waals surface area contributed by atoms with Crippen LogP contribution in [0.1, 0.15) is 10.4 Å². The van der Waals surface area contributed by atoms with E-state index in [1.807, 2.05) is 42.5 Å². The number of oxazole rings is 1. The Balaban J connectivity index is 1.47. The van der Waals surface area contributed by atoms with E-state index in [2.05, 4.69) is 47.1 Å². The second-order valence-electron chi connectivity index (χ2n) is 6.69. The maximum absolute atomic E-state index is 13.0. The number of hydrogen-bond acceptors (Lipinski definition) is 4. The Morgan fingerprint density at radius 1 is 0.933 bits per heavy atom. The predicted octanol–water partition coefficient (Wildman–Crippen LogP) is 6.82. The topological polar surface area (TPSA) is 68.0 Å². The highest BCUT2D eigenvalue weighted by Gasteiger charge is 2.14. The molecule has 5 aromatic rings. The van der Waals surface area contributed by atoms with Gasteiger partial charge in [-0.3, -0.25) is 9.78 Å². The van der Waals surface area contributed by atoms with Gasteiger partial charge in [-0.2, -0.15) is 0 Å². The number of nitrogens with zero attached hydrogens (tertiary/aromatic N) is 2. The van der Waals surface area contributed by atoms with Crippen LogP contribution in [0.25, 0.3) is 33.3 Å². The summed E-state index contributed by atoms with van der Waals surface area (Å²) in [5.74, 6) is 0.291. The minimum Gasteiger partial charge on any atom is -0.436 e. The lowest BCUT2D eigenvalue weighted by molar-refractivity contribution is 0.102. The van der Waals surface area contributed by atoms with Crippen LogP contribution in [0.3, 0.4) is 0 Å². The van der Waals surface area contributed by atoms with Crippen LogP contribution in [0.2, 0.25) is 0 Å². The van der Waals surface area contributed by atoms with Crippen molar-refractivity contribution in [1.29, 1.82) is 0 Å². The molecule has 0 saturated heterocycles. The van der Waals surface area contributed by atoms with Gasteiger partial charge in [-0.25, -0.2) is 4.98 Å². The number of benzene rings is 3. The van der Waals surface area contributed by atoms with Crippen LogP contribution in [-0.2, 0) is 0 Å². The first-order valence-electron chi connectivity index (χ1n) is 9.08. The fourth-order valence-corrected chi connectivity index (χ4v) is 4.19. The Hall–Kier alpha value is -3.03. The highest BCUT2D eigenvalue weighted by Crippen LogP contribution is 2.29. The molecule has 1 amide bonds. The zero-order valence-electron chi connectivity index (χ0n) is 15.4. The molecule has 0 fully saturated rings. The van der Waals surface area contributed by atoms with E-state index in [1.165, 1.54) is 0 Å². The largest absolute Gasteiger partial charge is 0.436 e. The van der Waals surface area contributed by atoms with Crippen LogP contribution in [0.5, 0.6) is 0 Å². The Morgan fingerprint density at radius 3 is 2.63 bits per heavy atom. The second-order valence-corrected chi connectivity index (χ2v) is 8.46. The Kier molecular flexibility index (Phi) is 4.84. The molecular weight excluding hydrogens is 510 g/mol. The van der Waals surface area contributed by atoms with Crippen molar-refractivity contribution >= 4 is 65.3 Å². The third-order valence-electron chi connectivity index (χ3n) is 4.71. The van der Waals surface area contributed by atoms with Gasteiger partial charge in [0, 0.05) is 32.6 Å². The molecule has 0 aliphatic heterocycles. The summed E-state index contributed by atoms with van der Waals surface area (Å²) in [6, 6.07) is 18.8. The Morgan fingerprint density at radius 2 is 1.77 bits per heavy atom. The van der Waals surface area contributed by atoms with Gasteiger partial charge in [0.15, 0.2) is 5.58 Å². The van der Waals surface area contributed by atoms with Gasteiger partial charge in [0.1, 0.15) is 5.52 Å². The molecule has 1 N–H and O–H groups in total. The molecule has 0 spiro atoms. The molecule has 2 heterocycles. The third-order valence-corrected chi connectivity index (χ3v) is 5.84. The molecule has 0 unspecified atom stereocenters. The number of rotatable bonds is 3. The third kappa shape index (κ3) is 3.51. The van der Waals surface area contributed by atoms with Crippen molar-refractivity contribution < 1.29 is 9.21 Å². The number of nitrogens with one attached hydrogen (secondary N) is 1. The summed E-state index contributed by atoms with van der Waals surface area (Å²) in [6.07, 6.45) is 3.39. The van der Waals surface area contributed by atoms with Gasteiger partial charge in [-0.05, 0) is 63.1 Å². The lowest BCUT2D eigenvalue weighted by atomic mass is 10.0. The van der Waals surface area contributed by atoms with Gasteiger partial charge in [0.25, 0.3) is 5.91 Å². The van der Waals surface area contributed by atoms with Gasteiger partial charge in [0.05, 0.1) is 5.56 Å². The monoisotopic (exact) mass is 521 g/mol. The smallest absolute Gasteiger partial charge is 0.256 e. The maximum Gasteiger partial charge on any atom is 0.256 e. The number of halogens is 2. The second kappa shape index (κ2) is 7.66. The first kappa shape index (κ1) is 19.0. The number of aromatic nitrogens is 2. The average Bonchev–Trinajstić information content (AvgIpc) is 3.17. The summed E-state index contributed by atoms with van der Waals surface area (Å²) in [7, 11) is 0. The summed E-state index contributed by atoms with van der Waals surface area (Å²) in [6.45, 7) is 0. The van der Waals surface area contributed by atoms with Gasteiger partial charge in [-0.15, -0.1) is 0 Å². The first-order valence-corrected chi connectivity index (χ1v) is 10.7. The first-order chi connectivity index (χ1) is 14.6. The van der Waals surface area contributed by atoms with Gasteiger partial charge >= 0.3 is 0 Å². The van der Waals surface area contributed by atoms with Crippen LogP contribution in [0.15, 0.2) is 86.4 Å². The van der Waals surface area contributed by atoms with Crippen molar-refractivity contribution in [3.05, 3.63) is 87.6 Å². The quantitative estimate of drug-likeness (QED) is 0.282. The van der Waals surface area contributed by atoms with Crippen molar-refractivity contribution in [2.45, 2.75) is 0 Å². The van der Waals surface area contributed by atoms with Crippen LogP contribution in [0.4, 0.5) is 5.69 Å². The molecule has 7 heteroatoms. The van der Waals surface area contributed by atoms with Gasteiger partial charge in [-0.1, -0.05) is 40.2 Å². The molecule has 0 radical (unpaired) electrons. The fraction of sp³-hybridized carbons (Fsp3) is 0. The number of carbonyl (C=O) groups excluding carboxylic acids is 1. The number of carbonyl (C=O) groups is 1. The minimum absolute atomic E-state index is 0.182. The van der Waals surface area contributed by atoms with E-state index >= 15 is 0 Å². The molecule has 3 aromatic carbocycles. The van der Waals surface area contributed by atoms with E-state index < -0.39 is 0 Å². The highest BCUT2D eigenvalue weighted by molar-refractivity contribution is 9.11. The van der Waals surface area contributed by atoms with Crippen molar-refractivity contribution in [2.75, 3.05) is 5.32 Å². The average molecular weight is 523 g/mol. The van der Waals surface area contributed by atoms with E-state index in [4.69, 9.17) is 4.42 Å². The number of hydrogen-bond donors (Lipinski definition) is 1. The molecule has 2 aromatic heterocycles. The molecule has 5 nitrogen and oxygen atoms in total. The molecule has 0 bridgehead atoms. The fourth-order valence-electron chi connectivity index (χ4n) is 3.33. The van der Waals surface area contributed by atoms with Crippen molar-refractivity contribution in [1.82, 2.24) is 9.97 Å². The van der Waals surface area contributed by atoms with Crippen LogP contribution in [0, 0.1) is 0 Å². The van der Waals surface area contributed by atoms with Gasteiger partial charge in [0.2, 0.25) is 5.89 Å².